The lowest BCUT2D eigenvalue weighted by molar-refractivity contribution is -0.121. The molecule has 1 amide bonds. The van der Waals surface area contributed by atoms with E-state index >= 15 is 0 Å². The van der Waals surface area contributed by atoms with Gasteiger partial charge in [-0.3, -0.25) is 4.79 Å². The van der Waals surface area contributed by atoms with Crippen molar-refractivity contribution in [2.24, 2.45) is 16.5 Å². The first-order valence-corrected chi connectivity index (χ1v) is 12.1. The normalized spacial score (nSPS) is 19.3. The molecule has 0 aliphatic heterocycles. The van der Waals surface area contributed by atoms with Crippen LogP contribution >= 0.6 is 0 Å². The van der Waals surface area contributed by atoms with Gasteiger partial charge >= 0.3 is 0 Å². The van der Waals surface area contributed by atoms with E-state index in [0.29, 0.717) is 24.1 Å². The van der Waals surface area contributed by atoms with E-state index in [1.807, 2.05) is 30.6 Å². The molecule has 34 heavy (non-hydrogen) atoms. The highest BCUT2D eigenvalue weighted by molar-refractivity contribution is 5.77. The molecule has 2 aliphatic carbocycles. The van der Waals surface area contributed by atoms with Crippen LogP contribution in [0, 0.1) is 16.2 Å². The quantitative estimate of drug-likeness (QED) is 0.446. The molecule has 0 bridgehead atoms. The third-order valence-corrected chi connectivity index (χ3v) is 6.76. The van der Waals surface area contributed by atoms with Crippen molar-refractivity contribution in [3.05, 3.63) is 76.9 Å². The molecule has 1 aromatic heterocycles. The zero-order valence-electron chi connectivity index (χ0n) is 20.8. The maximum absolute atomic E-state index is 12.1. The molecule has 0 aromatic carbocycles. The van der Waals surface area contributed by atoms with Gasteiger partial charge < -0.3 is 5.32 Å². The summed E-state index contributed by atoms with van der Waals surface area (Å²) < 4.78 is 0. The predicted octanol–water partition coefficient (Wildman–Crippen LogP) is 6.54. The minimum atomic E-state index is -0.455. The second-order valence-electron chi connectivity index (χ2n) is 10.3. The fourth-order valence-electron chi connectivity index (χ4n) is 4.28. The number of amides is 1. The van der Waals surface area contributed by atoms with Crippen molar-refractivity contribution in [1.82, 2.24) is 15.3 Å². The van der Waals surface area contributed by atoms with Crippen LogP contribution in [0.5, 0.6) is 0 Å². The molecule has 1 unspecified atom stereocenters. The lowest BCUT2D eigenvalue weighted by atomic mass is 9.72. The number of aromatic nitrogens is 2. The number of hydrogen-bond acceptors (Lipinski definition) is 5. The van der Waals surface area contributed by atoms with Gasteiger partial charge in [-0.25, -0.2) is 9.97 Å². The molecule has 0 radical (unpaired) electrons. The second kappa shape index (κ2) is 11.3. The number of carbonyl (C=O) groups excluding carboxylic acids is 1. The Labute approximate surface area is 203 Å². The summed E-state index contributed by atoms with van der Waals surface area (Å²) in [7, 11) is 0. The SMILES string of the molecule is C=C(N=O)[C@@H](C)NC(=O)CCC1=CC=C(c2ncc(C3=CCC(C(C)(C)C)CC3)cn2)C=CC1. The highest BCUT2D eigenvalue weighted by Crippen LogP contribution is 2.39. The Hall–Kier alpha value is -3.15. The molecule has 0 spiro atoms. The van der Waals surface area contributed by atoms with Crippen molar-refractivity contribution >= 4 is 17.1 Å². The maximum Gasteiger partial charge on any atom is 0.220 e. The molecule has 180 valence electrons. The molecule has 0 fully saturated rings. The van der Waals surface area contributed by atoms with Gasteiger partial charge in [0, 0.05) is 30.0 Å². The minimum absolute atomic E-state index is 0.123. The van der Waals surface area contributed by atoms with Gasteiger partial charge in [0.05, 0.1) is 11.7 Å². The van der Waals surface area contributed by atoms with Crippen LogP contribution in [0.3, 0.4) is 0 Å². The van der Waals surface area contributed by atoms with Crippen molar-refractivity contribution in [2.45, 2.75) is 72.3 Å². The largest absolute Gasteiger partial charge is 0.348 e. The van der Waals surface area contributed by atoms with Crippen LogP contribution in [0.1, 0.15) is 77.6 Å². The van der Waals surface area contributed by atoms with Crippen LogP contribution in [0.15, 0.2) is 65.8 Å². The monoisotopic (exact) mass is 460 g/mol. The van der Waals surface area contributed by atoms with E-state index in [1.54, 1.807) is 6.92 Å². The number of rotatable bonds is 8. The van der Waals surface area contributed by atoms with Crippen molar-refractivity contribution < 1.29 is 4.79 Å². The molecule has 1 aromatic rings. The van der Waals surface area contributed by atoms with Crippen molar-refractivity contribution in [2.75, 3.05) is 0 Å². The molecule has 2 atom stereocenters. The average Bonchev–Trinajstić information content (AvgIpc) is 3.07. The minimum Gasteiger partial charge on any atom is -0.348 e. The number of nitrogens with one attached hydrogen (secondary N) is 1. The maximum atomic E-state index is 12.1. The Morgan fingerprint density at radius 3 is 2.62 bits per heavy atom. The third-order valence-electron chi connectivity index (χ3n) is 6.76. The fraction of sp³-hybridized carbons (Fsp3) is 0.464. The van der Waals surface area contributed by atoms with E-state index in [1.165, 1.54) is 12.0 Å². The zero-order valence-corrected chi connectivity index (χ0v) is 20.8. The van der Waals surface area contributed by atoms with Gasteiger partial charge in [0.1, 0.15) is 0 Å². The number of nitrogens with zero attached hydrogens (tertiary/aromatic N) is 3. The Balaban J connectivity index is 1.59. The molecular weight excluding hydrogens is 424 g/mol. The molecular formula is C28H36N4O2. The van der Waals surface area contributed by atoms with E-state index < -0.39 is 6.04 Å². The Morgan fingerprint density at radius 1 is 1.26 bits per heavy atom. The molecule has 0 saturated carbocycles. The molecule has 1 heterocycles. The van der Waals surface area contributed by atoms with Crippen molar-refractivity contribution in [3.63, 3.8) is 0 Å². The van der Waals surface area contributed by atoms with Crippen LogP contribution in [0.2, 0.25) is 0 Å². The zero-order chi connectivity index (χ0) is 24.7. The third kappa shape index (κ3) is 6.92. The van der Waals surface area contributed by atoms with E-state index in [2.05, 4.69) is 60.0 Å². The van der Waals surface area contributed by atoms with Gasteiger partial charge in [0.25, 0.3) is 0 Å². The second-order valence-corrected chi connectivity index (χ2v) is 10.3. The van der Waals surface area contributed by atoms with Crippen molar-refractivity contribution in [1.29, 1.82) is 0 Å². The lowest BCUT2D eigenvalue weighted by Gasteiger charge is -2.33. The highest BCUT2D eigenvalue weighted by Gasteiger charge is 2.26. The van der Waals surface area contributed by atoms with Gasteiger partial charge in [-0.15, -0.1) is 4.91 Å². The summed E-state index contributed by atoms with van der Waals surface area (Å²) in [5, 5.41) is 5.53. The van der Waals surface area contributed by atoms with Crippen LogP contribution < -0.4 is 5.32 Å². The number of allylic oxidation sites excluding steroid dienone is 8. The van der Waals surface area contributed by atoms with Crippen LogP contribution in [-0.4, -0.2) is 21.9 Å². The van der Waals surface area contributed by atoms with Crippen molar-refractivity contribution in [3.8, 4) is 0 Å². The summed E-state index contributed by atoms with van der Waals surface area (Å²) in [6.07, 6.45) is 19.5. The first-order chi connectivity index (χ1) is 16.2. The van der Waals surface area contributed by atoms with Crippen LogP contribution in [-0.2, 0) is 4.79 Å². The summed E-state index contributed by atoms with van der Waals surface area (Å²) >= 11 is 0. The molecule has 6 nitrogen and oxygen atoms in total. The molecule has 1 N–H and O–H groups in total. The number of nitroso groups, excluding NO2 is 1. The van der Waals surface area contributed by atoms with Gasteiger partial charge in [-0.2, -0.15) is 0 Å². The first kappa shape index (κ1) is 25.5. The van der Waals surface area contributed by atoms with E-state index in [0.717, 1.165) is 41.9 Å². The van der Waals surface area contributed by atoms with Gasteiger partial charge in [-0.1, -0.05) is 63.3 Å². The summed E-state index contributed by atoms with van der Waals surface area (Å²) in [6, 6.07) is -0.455. The Kier molecular flexibility index (Phi) is 8.48. The molecule has 3 rings (SSSR count). The van der Waals surface area contributed by atoms with Gasteiger partial charge in [0.15, 0.2) is 5.82 Å². The average molecular weight is 461 g/mol. The topological polar surface area (TPSA) is 84.3 Å². The summed E-state index contributed by atoms with van der Waals surface area (Å²) in [5.41, 5.74) is 5.03. The summed E-state index contributed by atoms with van der Waals surface area (Å²) in [6.45, 7) is 12.2. The summed E-state index contributed by atoms with van der Waals surface area (Å²) in [5.74, 6) is 1.30. The standard InChI is InChI=1S/C28H36N4O2/c1-19(20(2)32-34)31-26(33)16-10-21-7-6-8-23(11-9-21)27-29-17-24(18-30-27)22-12-14-25(15-13-22)28(3,4)5/h6,8-9,11-12,17-19,25H,2,7,10,13-16H2,1,3-5H3,(H,31,33)/t19-,25?/m1/s1. The van der Waals surface area contributed by atoms with Crippen LogP contribution in [0.4, 0.5) is 0 Å². The fourth-order valence-corrected chi connectivity index (χ4v) is 4.28. The lowest BCUT2D eigenvalue weighted by Crippen LogP contribution is -2.33. The first-order valence-electron chi connectivity index (χ1n) is 12.1. The van der Waals surface area contributed by atoms with Gasteiger partial charge in [0.2, 0.25) is 5.91 Å². The number of carbonyl (C=O) groups is 1. The van der Waals surface area contributed by atoms with Gasteiger partial charge in [-0.05, 0) is 61.1 Å². The molecule has 0 saturated heterocycles. The smallest absolute Gasteiger partial charge is 0.220 e. The molecule has 6 heteroatoms. The van der Waals surface area contributed by atoms with E-state index in [-0.39, 0.29) is 11.6 Å². The van der Waals surface area contributed by atoms with E-state index in [9.17, 15) is 9.70 Å². The summed E-state index contributed by atoms with van der Waals surface area (Å²) in [4.78, 5) is 31.9. The number of hydrogen-bond donors (Lipinski definition) is 1. The highest BCUT2D eigenvalue weighted by atomic mass is 16.3. The molecule has 2 aliphatic rings. The predicted molar refractivity (Wildman–Crippen MR) is 138 cm³/mol. The Morgan fingerprint density at radius 2 is 2.00 bits per heavy atom. The Bertz CT molecular complexity index is 1040. The van der Waals surface area contributed by atoms with Crippen LogP contribution in [0.25, 0.3) is 11.1 Å². The van der Waals surface area contributed by atoms with E-state index in [4.69, 9.17) is 0 Å².